The van der Waals surface area contributed by atoms with Crippen LogP contribution in [0.3, 0.4) is 0 Å². The predicted octanol–water partition coefficient (Wildman–Crippen LogP) is 3.13. The van der Waals surface area contributed by atoms with Crippen LogP contribution in [0.4, 0.5) is 5.69 Å². The summed E-state index contributed by atoms with van der Waals surface area (Å²) in [5.74, 6) is 0.299. The van der Waals surface area contributed by atoms with Crippen LogP contribution in [0.5, 0.6) is 0 Å². The Bertz CT molecular complexity index is 517. The molecule has 0 aliphatic carbocycles. The first-order valence-electron chi connectivity index (χ1n) is 7.84. The zero-order valence-electron chi connectivity index (χ0n) is 13.5. The van der Waals surface area contributed by atoms with E-state index < -0.39 is 0 Å². The number of nitrogens with zero attached hydrogens (tertiary/aromatic N) is 3. The van der Waals surface area contributed by atoms with Gasteiger partial charge in [0.2, 0.25) is 5.91 Å². The van der Waals surface area contributed by atoms with Gasteiger partial charge >= 0.3 is 0 Å². The lowest BCUT2D eigenvalue weighted by atomic mass is 9.93. The summed E-state index contributed by atoms with van der Waals surface area (Å²) in [4.78, 5) is 14.2. The van der Waals surface area contributed by atoms with Crippen molar-refractivity contribution in [3.8, 4) is 0 Å². The Balaban J connectivity index is 2.27. The van der Waals surface area contributed by atoms with Gasteiger partial charge in [-0.3, -0.25) is 4.79 Å². The predicted molar refractivity (Wildman–Crippen MR) is 87.7 cm³/mol. The maximum atomic E-state index is 11.8. The van der Waals surface area contributed by atoms with Gasteiger partial charge in [-0.2, -0.15) is 5.10 Å². The van der Waals surface area contributed by atoms with Crippen molar-refractivity contribution in [1.29, 1.82) is 0 Å². The summed E-state index contributed by atoms with van der Waals surface area (Å²) < 4.78 is 0. The Hall–Kier alpha value is -1.84. The van der Waals surface area contributed by atoms with Crippen LogP contribution in [0, 0.1) is 5.92 Å². The van der Waals surface area contributed by atoms with E-state index in [1.807, 2.05) is 6.92 Å². The molecule has 4 heteroatoms. The van der Waals surface area contributed by atoms with Gasteiger partial charge in [0.25, 0.3) is 0 Å². The molecule has 1 aliphatic rings. The van der Waals surface area contributed by atoms with Gasteiger partial charge in [-0.05, 0) is 38.5 Å². The average Bonchev–Trinajstić information content (AvgIpc) is 2.50. The monoisotopic (exact) mass is 287 g/mol. The van der Waals surface area contributed by atoms with Crippen molar-refractivity contribution in [2.75, 3.05) is 24.5 Å². The highest BCUT2D eigenvalue weighted by Crippen LogP contribution is 2.22. The fourth-order valence-electron chi connectivity index (χ4n) is 2.77. The summed E-state index contributed by atoms with van der Waals surface area (Å²) in [6.45, 7) is 11.0. The molecule has 0 fully saturated rings. The van der Waals surface area contributed by atoms with E-state index in [1.54, 1.807) is 5.01 Å². The Labute approximate surface area is 127 Å². The molecule has 0 saturated heterocycles. The number of amides is 1. The van der Waals surface area contributed by atoms with Gasteiger partial charge in [0.1, 0.15) is 0 Å². The SMILES string of the molecule is CCN1N=C(c2ccc(N(CC)CC)cc2)[C@H](C)CC1=O. The number of carbonyl (C=O) groups excluding carboxylic acids is 1. The third-order valence-electron chi connectivity index (χ3n) is 4.06. The summed E-state index contributed by atoms with van der Waals surface area (Å²) in [7, 11) is 0. The van der Waals surface area contributed by atoms with Gasteiger partial charge in [-0.1, -0.05) is 19.1 Å². The minimum Gasteiger partial charge on any atom is -0.372 e. The van der Waals surface area contributed by atoms with Crippen LogP contribution < -0.4 is 4.90 Å². The molecule has 0 unspecified atom stereocenters. The summed E-state index contributed by atoms with van der Waals surface area (Å²) in [6, 6.07) is 8.52. The second-order valence-corrected chi connectivity index (χ2v) is 5.42. The fourth-order valence-corrected chi connectivity index (χ4v) is 2.77. The lowest BCUT2D eigenvalue weighted by molar-refractivity contribution is -0.132. The molecule has 1 aromatic rings. The van der Waals surface area contributed by atoms with Crippen LogP contribution in [-0.2, 0) is 4.79 Å². The van der Waals surface area contributed by atoms with E-state index in [1.165, 1.54) is 5.69 Å². The minimum atomic E-state index is 0.119. The lowest BCUT2D eigenvalue weighted by Gasteiger charge is -2.27. The molecule has 0 saturated carbocycles. The third kappa shape index (κ3) is 3.26. The van der Waals surface area contributed by atoms with Crippen molar-refractivity contribution in [3.05, 3.63) is 29.8 Å². The number of hydrazone groups is 1. The molecule has 114 valence electrons. The third-order valence-corrected chi connectivity index (χ3v) is 4.06. The highest BCUT2D eigenvalue weighted by molar-refractivity contribution is 6.05. The summed E-state index contributed by atoms with van der Waals surface area (Å²) in [5, 5.41) is 6.11. The number of anilines is 1. The van der Waals surface area contributed by atoms with Crippen molar-refractivity contribution in [2.45, 2.75) is 34.1 Å². The number of rotatable bonds is 5. The number of carbonyl (C=O) groups is 1. The van der Waals surface area contributed by atoms with Crippen molar-refractivity contribution in [2.24, 2.45) is 11.0 Å². The summed E-state index contributed by atoms with van der Waals surface area (Å²) >= 11 is 0. The highest BCUT2D eigenvalue weighted by Gasteiger charge is 2.26. The first-order chi connectivity index (χ1) is 10.1. The molecular formula is C17H25N3O. The Morgan fingerprint density at radius 3 is 2.33 bits per heavy atom. The molecule has 1 aromatic carbocycles. The molecule has 1 atom stereocenters. The van der Waals surface area contributed by atoms with E-state index in [-0.39, 0.29) is 11.8 Å². The van der Waals surface area contributed by atoms with E-state index >= 15 is 0 Å². The molecule has 1 amide bonds. The molecule has 1 aliphatic heterocycles. The quantitative estimate of drug-likeness (QED) is 0.834. The normalized spacial score (nSPS) is 18.7. The van der Waals surface area contributed by atoms with Gasteiger partial charge in [-0.15, -0.1) is 0 Å². The summed E-state index contributed by atoms with van der Waals surface area (Å²) in [5.41, 5.74) is 3.36. The Morgan fingerprint density at radius 2 is 1.81 bits per heavy atom. The number of hydrogen-bond acceptors (Lipinski definition) is 3. The van der Waals surface area contributed by atoms with Crippen LogP contribution in [0.25, 0.3) is 0 Å². The van der Waals surface area contributed by atoms with Crippen molar-refractivity contribution in [1.82, 2.24) is 5.01 Å². The van der Waals surface area contributed by atoms with E-state index in [0.717, 1.165) is 24.4 Å². The molecule has 0 radical (unpaired) electrons. The van der Waals surface area contributed by atoms with Crippen LogP contribution in [0.2, 0.25) is 0 Å². The average molecular weight is 287 g/mol. The van der Waals surface area contributed by atoms with Gasteiger partial charge in [0, 0.05) is 37.7 Å². The second kappa shape index (κ2) is 6.74. The van der Waals surface area contributed by atoms with Crippen LogP contribution in [-0.4, -0.2) is 36.3 Å². The van der Waals surface area contributed by atoms with Gasteiger partial charge in [-0.25, -0.2) is 5.01 Å². The van der Waals surface area contributed by atoms with Gasteiger partial charge in [0.15, 0.2) is 0 Å². The Morgan fingerprint density at radius 1 is 1.19 bits per heavy atom. The number of hydrogen-bond donors (Lipinski definition) is 0. The molecule has 0 aromatic heterocycles. The Kier molecular flexibility index (Phi) is 4.99. The lowest BCUT2D eigenvalue weighted by Crippen LogP contribution is -2.36. The minimum absolute atomic E-state index is 0.119. The van der Waals surface area contributed by atoms with Crippen molar-refractivity contribution < 1.29 is 4.79 Å². The van der Waals surface area contributed by atoms with Crippen LogP contribution in [0.1, 0.15) is 39.7 Å². The summed E-state index contributed by atoms with van der Waals surface area (Å²) in [6.07, 6.45) is 0.546. The van der Waals surface area contributed by atoms with Crippen LogP contribution in [0.15, 0.2) is 29.4 Å². The van der Waals surface area contributed by atoms with Crippen molar-refractivity contribution in [3.63, 3.8) is 0 Å². The maximum Gasteiger partial charge on any atom is 0.243 e. The zero-order valence-corrected chi connectivity index (χ0v) is 13.5. The van der Waals surface area contributed by atoms with Gasteiger partial charge < -0.3 is 4.90 Å². The molecule has 0 N–H and O–H groups in total. The topological polar surface area (TPSA) is 35.9 Å². The molecule has 0 spiro atoms. The van der Waals surface area contributed by atoms with Crippen molar-refractivity contribution >= 4 is 17.3 Å². The first-order valence-corrected chi connectivity index (χ1v) is 7.84. The maximum absolute atomic E-state index is 11.8. The van der Waals surface area contributed by atoms with E-state index in [9.17, 15) is 4.79 Å². The number of benzene rings is 1. The molecule has 0 bridgehead atoms. The first kappa shape index (κ1) is 15.5. The smallest absolute Gasteiger partial charge is 0.243 e. The van der Waals surface area contributed by atoms with E-state index in [2.05, 4.69) is 55.0 Å². The highest BCUT2D eigenvalue weighted by atomic mass is 16.2. The van der Waals surface area contributed by atoms with E-state index in [4.69, 9.17) is 0 Å². The van der Waals surface area contributed by atoms with E-state index in [0.29, 0.717) is 13.0 Å². The second-order valence-electron chi connectivity index (χ2n) is 5.42. The molecule has 2 rings (SSSR count). The zero-order chi connectivity index (χ0) is 15.4. The standard InChI is InChI=1S/C17H25N3O/c1-5-19(6-2)15-10-8-14(9-11-15)17-13(4)12-16(21)20(7-3)18-17/h8-11,13H,5-7,12H2,1-4H3/t13-/m1/s1. The largest absolute Gasteiger partial charge is 0.372 e. The molecule has 1 heterocycles. The van der Waals surface area contributed by atoms with Gasteiger partial charge in [0.05, 0.1) is 5.71 Å². The molecular weight excluding hydrogens is 262 g/mol. The molecule has 21 heavy (non-hydrogen) atoms. The van der Waals surface area contributed by atoms with Crippen LogP contribution >= 0.6 is 0 Å². The fraction of sp³-hybridized carbons (Fsp3) is 0.529. The molecule has 4 nitrogen and oxygen atoms in total.